The van der Waals surface area contributed by atoms with Gasteiger partial charge in [-0.1, -0.05) is 166 Å². The van der Waals surface area contributed by atoms with Crippen LogP contribution in [0.5, 0.6) is 0 Å². The number of hydrogen-bond acceptors (Lipinski definition) is 7. The zero-order valence-corrected chi connectivity index (χ0v) is 38.5. The van der Waals surface area contributed by atoms with E-state index in [9.17, 15) is 19.5 Å². The number of quaternary nitrogens is 1. The summed E-state index contributed by atoms with van der Waals surface area (Å²) in [7, 11) is 5.41. The molecule has 0 rings (SSSR count). The van der Waals surface area contributed by atoms with Gasteiger partial charge in [0.15, 0.2) is 6.10 Å². The van der Waals surface area contributed by atoms with Gasteiger partial charge in [0.1, 0.15) is 12.6 Å². The first-order chi connectivity index (χ1) is 28.1. The van der Waals surface area contributed by atoms with Crippen molar-refractivity contribution in [1.29, 1.82) is 0 Å². The van der Waals surface area contributed by atoms with Crippen molar-refractivity contribution in [1.82, 2.24) is 0 Å². The quantitative estimate of drug-likeness (QED) is 0.0198. The lowest BCUT2D eigenvalue weighted by Gasteiger charge is -2.34. The molecule has 338 valence electrons. The average molecular weight is 818 g/mol. The van der Waals surface area contributed by atoms with E-state index in [1.54, 1.807) is 21.1 Å². The largest absolute Gasteiger partial charge is 0.544 e. The molecular formula is C50H91NO7. The predicted octanol–water partition coefficient (Wildman–Crippen LogP) is 12.1. The van der Waals surface area contributed by atoms with E-state index in [4.69, 9.17) is 14.2 Å². The Morgan fingerprint density at radius 1 is 0.517 bits per heavy atom. The Balaban J connectivity index is 4.30. The molecule has 2 unspecified atom stereocenters. The SMILES string of the molecule is CCCCC/C=C/C=C/CCCCCCCCC(=O)OCC(COCCC(C(=O)[O-])[N+](C)(C)C)OC(=O)CCCCCCCCC/C=C/CCCCCCCCCC. The molecule has 0 fully saturated rings. The first kappa shape index (κ1) is 55.5. The van der Waals surface area contributed by atoms with Crippen molar-refractivity contribution in [2.75, 3.05) is 41.0 Å². The van der Waals surface area contributed by atoms with Crippen LogP contribution in [0.2, 0.25) is 0 Å². The van der Waals surface area contributed by atoms with Gasteiger partial charge in [0.2, 0.25) is 0 Å². The number of allylic oxidation sites excluding steroid dienone is 6. The third-order valence-corrected chi connectivity index (χ3v) is 10.8. The summed E-state index contributed by atoms with van der Waals surface area (Å²) in [4.78, 5) is 36.9. The molecule has 0 radical (unpaired) electrons. The average Bonchev–Trinajstić information content (AvgIpc) is 3.18. The Morgan fingerprint density at radius 3 is 1.38 bits per heavy atom. The van der Waals surface area contributed by atoms with Crippen molar-refractivity contribution in [3.8, 4) is 0 Å². The van der Waals surface area contributed by atoms with Gasteiger partial charge >= 0.3 is 11.9 Å². The molecule has 2 atom stereocenters. The maximum absolute atomic E-state index is 12.8. The Bertz CT molecular complexity index is 1050. The van der Waals surface area contributed by atoms with Crippen LogP contribution in [0.4, 0.5) is 0 Å². The van der Waals surface area contributed by atoms with Crippen LogP contribution in [0, 0.1) is 0 Å². The maximum atomic E-state index is 12.8. The van der Waals surface area contributed by atoms with Gasteiger partial charge in [-0.3, -0.25) is 9.59 Å². The van der Waals surface area contributed by atoms with Gasteiger partial charge in [-0.15, -0.1) is 0 Å². The molecule has 0 aliphatic carbocycles. The lowest BCUT2D eigenvalue weighted by molar-refractivity contribution is -0.889. The first-order valence-electron chi connectivity index (χ1n) is 24.0. The molecule has 8 heteroatoms. The second-order valence-electron chi connectivity index (χ2n) is 17.4. The number of carbonyl (C=O) groups excluding carboxylic acids is 3. The second kappa shape index (κ2) is 41.3. The van der Waals surface area contributed by atoms with Gasteiger partial charge in [-0.05, 0) is 64.2 Å². The highest BCUT2D eigenvalue weighted by Gasteiger charge is 2.25. The topological polar surface area (TPSA) is 102 Å². The van der Waals surface area contributed by atoms with Gasteiger partial charge in [-0.25, -0.2) is 0 Å². The summed E-state index contributed by atoms with van der Waals surface area (Å²) in [6, 6.07) is -0.728. The number of carboxylic acids is 1. The summed E-state index contributed by atoms with van der Waals surface area (Å²) in [6.45, 7) is 4.63. The number of rotatable bonds is 43. The van der Waals surface area contributed by atoms with E-state index in [-0.39, 0.29) is 42.7 Å². The van der Waals surface area contributed by atoms with Crippen LogP contribution >= 0.6 is 0 Å². The number of aliphatic carboxylic acids is 1. The third-order valence-electron chi connectivity index (χ3n) is 10.8. The minimum absolute atomic E-state index is 0.0365. The highest BCUT2D eigenvalue weighted by atomic mass is 16.6. The Hall–Kier alpha value is -2.45. The molecule has 0 aromatic heterocycles. The molecule has 0 aromatic rings. The molecule has 0 N–H and O–H groups in total. The number of carboxylic acid groups (broad SMARTS) is 1. The van der Waals surface area contributed by atoms with Gasteiger partial charge in [0.05, 0.1) is 40.3 Å². The molecule has 0 aromatic carbocycles. The molecule has 0 aliphatic heterocycles. The van der Waals surface area contributed by atoms with Crippen LogP contribution in [0.25, 0.3) is 0 Å². The van der Waals surface area contributed by atoms with Crippen molar-refractivity contribution in [3.05, 3.63) is 36.5 Å². The molecule has 58 heavy (non-hydrogen) atoms. The summed E-state index contributed by atoms with van der Waals surface area (Å²) >= 11 is 0. The Labute approximate surface area is 357 Å². The van der Waals surface area contributed by atoms with Crippen LogP contribution in [0.3, 0.4) is 0 Å². The van der Waals surface area contributed by atoms with Gasteiger partial charge in [0, 0.05) is 19.3 Å². The minimum atomic E-state index is -1.13. The summed E-state index contributed by atoms with van der Waals surface area (Å²) in [5.41, 5.74) is 0. The monoisotopic (exact) mass is 818 g/mol. The van der Waals surface area contributed by atoms with Crippen LogP contribution in [0.1, 0.15) is 213 Å². The van der Waals surface area contributed by atoms with Crippen molar-refractivity contribution >= 4 is 17.9 Å². The van der Waals surface area contributed by atoms with Gasteiger partial charge < -0.3 is 28.6 Å². The van der Waals surface area contributed by atoms with E-state index in [0.717, 1.165) is 51.4 Å². The fourth-order valence-corrected chi connectivity index (χ4v) is 7.00. The van der Waals surface area contributed by atoms with Crippen LogP contribution in [-0.2, 0) is 28.6 Å². The first-order valence-corrected chi connectivity index (χ1v) is 24.0. The lowest BCUT2D eigenvalue weighted by Crippen LogP contribution is -2.55. The van der Waals surface area contributed by atoms with Gasteiger partial charge in [-0.2, -0.15) is 0 Å². The molecule has 0 saturated heterocycles. The fourth-order valence-electron chi connectivity index (χ4n) is 7.00. The summed E-state index contributed by atoms with van der Waals surface area (Å²) in [6.07, 6.45) is 47.3. The van der Waals surface area contributed by atoms with Crippen molar-refractivity contribution in [3.63, 3.8) is 0 Å². The van der Waals surface area contributed by atoms with Crippen molar-refractivity contribution in [2.45, 2.75) is 225 Å². The molecule has 0 amide bonds. The normalized spacial score (nSPS) is 13.2. The number of likely N-dealkylation sites (N-methyl/N-ethyl adjacent to an activating group) is 1. The molecule has 0 spiro atoms. The lowest BCUT2D eigenvalue weighted by atomic mass is 10.1. The van der Waals surface area contributed by atoms with Crippen molar-refractivity contribution in [2.24, 2.45) is 0 Å². The molecule has 8 nitrogen and oxygen atoms in total. The Kier molecular flexibility index (Phi) is 39.5. The number of nitrogens with zero attached hydrogens (tertiary/aromatic N) is 1. The van der Waals surface area contributed by atoms with E-state index in [2.05, 4.69) is 50.3 Å². The molecule has 0 aliphatic rings. The number of carbonyl (C=O) groups is 3. The second-order valence-corrected chi connectivity index (χ2v) is 17.4. The van der Waals surface area contributed by atoms with Crippen LogP contribution in [0.15, 0.2) is 36.5 Å². The summed E-state index contributed by atoms with van der Waals surface area (Å²) in [5.74, 6) is -1.75. The fraction of sp³-hybridized carbons (Fsp3) is 0.820. The van der Waals surface area contributed by atoms with Gasteiger partial charge in [0.25, 0.3) is 0 Å². The maximum Gasteiger partial charge on any atom is 0.306 e. The highest BCUT2D eigenvalue weighted by molar-refractivity contribution is 5.70. The van der Waals surface area contributed by atoms with Crippen LogP contribution < -0.4 is 5.11 Å². The van der Waals surface area contributed by atoms with E-state index in [1.807, 2.05) is 0 Å². The van der Waals surface area contributed by atoms with Crippen LogP contribution in [-0.4, -0.2) is 75.5 Å². The standard InChI is InChI=1S/C50H91NO7/c1-6-8-10-12-14-16-18-20-22-23-24-25-27-29-31-33-35-37-39-41-49(53)58-46(44-56-43-42-47(50(54)55)51(3,4)5)45-57-48(52)40-38-36-34-32-30-28-26-21-19-17-15-13-11-9-7-2/h15,17,19,21,23-24,46-47H,6-14,16,18,20,22,25-45H2,1-5H3/b17-15+,21-19+,24-23+. The van der Waals surface area contributed by atoms with E-state index >= 15 is 0 Å². The summed E-state index contributed by atoms with van der Waals surface area (Å²) < 4.78 is 17.2. The number of ether oxygens (including phenoxy) is 3. The zero-order valence-electron chi connectivity index (χ0n) is 38.5. The Morgan fingerprint density at radius 2 is 0.914 bits per heavy atom. The summed E-state index contributed by atoms with van der Waals surface area (Å²) in [5, 5.41) is 11.6. The molecule has 0 heterocycles. The number of esters is 2. The van der Waals surface area contributed by atoms with E-state index in [1.165, 1.54) is 128 Å². The molecule has 0 bridgehead atoms. The molecular weight excluding hydrogens is 727 g/mol. The van der Waals surface area contributed by atoms with E-state index in [0.29, 0.717) is 12.8 Å². The third kappa shape index (κ3) is 39.0. The highest BCUT2D eigenvalue weighted by Crippen LogP contribution is 2.14. The minimum Gasteiger partial charge on any atom is -0.544 e. The zero-order chi connectivity index (χ0) is 42.8. The van der Waals surface area contributed by atoms with E-state index < -0.39 is 18.1 Å². The molecule has 0 saturated carbocycles. The number of hydrogen-bond donors (Lipinski definition) is 0. The number of unbranched alkanes of at least 4 members (excludes halogenated alkanes) is 24. The van der Waals surface area contributed by atoms with Crippen molar-refractivity contribution < 1.29 is 38.2 Å². The predicted molar refractivity (Wildman–Crippen MR) is 240 cm³/mol. The smallest absolute Gasteiger partial charge is 0.306 e.